The van der Waals surface area contributed by atoms with Crippen molar-refractivity contribution in [1.29, 1.82) is 5.26 Å². The first-order valence-corrected chi connectivity index (χ1v) is 6.90. The molecule has 0 aliphatic heterocycles. The number of allylic oxidation sites excluding steroid dienone is 1. The molecule has 1 aromatic heterocycles. The van der Waals surface area contributed by atoms with Crippen LogP contribution in [0.15, 0.2) is 18.2 Å². The Labute approximate surface area is 135 Å². The minimum absolute atomic E-state index is 0.0748. The molecule has 0 amide bonds. The summed E-state index contributed by atoms with van der Waals surface area (Å²) in [7, 11) is 5.21. The zero-order chi connectivity index (χ0) is 17.0. The summed E-state index contributed by atoms with van der Waals surface area (Å²) in [5.41, 5.74) is 7.84. The van der Waals surface area contributed by atoms with Gasteiger partial charge in [0.1, 0.15) is 11.8 Å². The van der Waals surface area contributed by atoms with Crippen molar-refractivity contribution in [2.45, 2.75) is 6.92 Å². The Balaban J connectivity index is 2.48. The Morgan fingerprint density at radius 1 is 1.30 bits per heavy atom. The van der Waals surface area contributed by atoms with Crippen LogP contribution in [-0.4, -0.2) is 36.2 Å². The van der Waals surface area contributed by atoms with Gasteiger partial charge in [-0.15, -0.1) is 0 Å². The molecule has 23 heavy (non-hydrogen) atoms. The summed E-state index contributed by atoms with van der Waals surface area (Å²) in [6, 6.07) is 7.75. The third-order valence-corrected chi connectivity index (χ3v) is 3.13. The Morgan fingerprint density at radius 2 is 2.04 bits per heavy atom. The fourth-order valence-corrected chi connectivity index (χ4v) is 2.01. The topological polar surface area (TPSA) is 101 Å². The Morgan fingerprint density at radius 3 is 2.61 bits per heavy atom. The van der Waals surface area contributed by atoms with E-state index in [4.69, 9.17) is 10.5 Å². The molecule has 0 unspecified atom stereocenters. The van der Waals surface area contributed by atoms with Crippen LogP contribution in [0.5, 0.6) is 5.75 Å². The smallest absolute Gasteiger partial charge is 0.230 e. The number of aryl methyl sites for hydroxylation is 1. The second-order valence-corrected chi connectivity index (χ2v) is 5.11. The van der Waals surface area contributed by atoms with Crippen LogP contribution >= 0.6 is 0 Å². The molecule has 1 aromatic carbocycles. The fraction of sp³-hybridized carbons (Fsp3) is 0.250. The first-order valence-electron chi connectivity index (χ1n) is 6.90. The standard InChI is InChI=1S/C16H18N6O/c1-10-7-11(5-6-13(10)23-4)8-12(9-17)14-19-15(18)21-16(20-14)22(2)3/h5-8H,1-4H3,(H2,18,19,20,21). The second kappa shape index (κ2) is 6.75. The number of ether oxygens (including phenoxy) is 1. The van der Waals surface area contributed by atoms with Gasteiger partial charge in [0.15, 0.2) is 5.82 Å². The molecular weight excluding hydrogens is 292 g/mol. The summed E-state index contributed by atoms with van der Waals surface area (Å²) in [4.78, 5) is 14.0. The number of nitrogen functional groups attached to an aromatic ring is 1. The van der Waals surface area contributed by atoms with E-state index in [9.17, 15) is 5.26 Å². The number of nitriles is 1. The normalized spacial score (nSPS) is 11.0. The minimum Gasteiger partial charge on any atom is -0.496 e. The lowest BCUT2D eigenvalue weighted by atomic mass is 10.1. The summed E-state index contributed by atoms with van der Waals surface area (Å²) >= 11 is 0. The summed E-state index contributed by atoms with van der Waals surface area (Å²) in [6.07, 6.45) is 1.71. The van der Waals surface area contributed by atoms with E-state index in [0.717, 1.165) is 16.9 Å². The molecule has 0 fully saturated rings. The summed E-state index contributed by atoms with van der Waals surface area (Å²) in [6.45, 7) is 1.94. The molecule has 1 heterocycles. The highest BCUT2D eigenvalue weighted by Crippen LogP contribution is 2.22. The fourth-order valence-electron chi connectivity index (χ4n) is 2.01. The van der Waals surface area contributed by atoms with E-state index >= 15 is 0 Å². The van der Waals surface area contributed by atoms with E-state index in [1.54, 1.807) is 32.2 Å². The van der Waals surface area contributed by atoms with Crippen LogP contribution in [0.3, 0.4) is 0 Å². The van der Waals surface area contributed by atoms with E-state index in [2.05, 4.69) is 21.0 Å². The Bertz CT molecular complexity index is 792. The number of nitrogens with two attached hydrogens (primary N) is 1. The molecule has 118 valence electrons. The summed E-state index contributed by atoms with van der Waals surface area (Å²) in [5.74, 6) is 1.52. The van der Waals surface area contributed by atoms with Crippen molar-refractivity contribution in [1.82, 2.24) is 15.0 Å². The van der Waals surface area contributed by atoms with Crippen LogP contribution in [0.2, 0.25) is 0 Å². The zero-order valence-electron chi connectivity index (χ0n) is 13.5. The van der Waals surface area contributed by atoms with Gasteiger partial charge in [-0.3, -0.25) is 0 Å². The number of nitrogens with zero attached hydrogens (tertiary/aromatic N) is 5. The van der Waals surface area contributed by atoms with Crippen LogP contribution in [0, 0.1) is 18.3 Å². The molecular formula is C16H18N6O. The van der Waals surface area contributed by atoms with Crippen LogP contribution in [0.4, 0.5) is 11.9 Å². The van der Waals surface area contributed by atoms with Gasteiger partial charge >= 0.3 is 0 Å². The molecule has 0 atom stereocenters. The molecule has 0 radical (unpaired) electrons. The molecule has 7 nitrogen and oxygen atoms in total. The Kier molecular flexibility index (Phi) is 4.76. The van der Waals surface area contributed by atoms with Gasteiger partial charge in [0.25, 0.3) is 0 Å². The highest BCUT2D eigenvalue weighted by atomic mass is 16.5. The number of benzene rings is 1. The van der Waals surface area contributed by atoms with Crippen molar-refractivity contribution in [2.75, 3.05) is 31.8 Å². The molecule has 0 aliphatic rings. The first-order chi connectivity index (χ1) is 10.9. The number of hydrogen-bond donors (Lipinski definition) is 1. The predicted octanol–water partition coefficient (Wildman–Crippen LogP) is 1.90. The molecule has 0 aliphatic carbocycles. The largest absolute Gasteiger partial charge is 0.496 e. The molecule has 0 saturated heterocycles. The minimum atomic E-state index is 0.0748. The van der Waals surface area contributed by atoms with Gasteiger partial charge in [-0.1, -0.05) is 6.07 Å². The molecule has 7 heteroatoms. The lowest BCUT2D eigenvalue weighted by Crippen LogP contribution is -2.15. The van der Waals surface area contributed by atoms with Gasteiger partial charge < -0.3 is 15.4 Å². The van der Waals surface area contributed by atoms with Crippen molar-refractivity contribution in [2.24, 2.45) is 0 Å². The van der Waals surface area contributed by atoms with Crippen LogP contribution in [0.25, 0.3) is 11.6 Å². The quantitative estimate of drug-likeness (QED) is 0.860. The van der Waals surface area contributed by atoms with Gasteiger partial charge in [0.2, 0.25) is 11.9 Å². The number of anilines is 2. The predicted molar refractivity (Wildman–Crippen MR) is 89.8 cm³/mol. The maximum absolute atomic E-state index is 9.43. The zero-order valence-corrected chi connectivity index (χ0v) is 13.5. The van der Waals surface area contributed by atoms with E-state index in [-0.39, 0.29) is 11.8 Å². The average molecular weight is 310 g/mol. The third kappa shape index (κ3) is 3.74. The molecule has 2 aromatic rings. The van der Waals surface area contributed by atoms with Gasteiger partial charge in [0.05, 0.1) is 12.7 Å². The third-order valence-electron chi connectivity index (χ3n) is 3.13. The van der Waals surface area contributed by atoms with Gasteiger partial charge in [-0.05, 0) is 36.3 Å². The number of aromatic nitrogens is 3. The van der Waals surface area contributed by atoms with Gasteiger partial charge in [0, 0.05) is 14.1 Å². The maximum Gasteiger partial charge on any atom is 0.230 e. The van der Waals surface area contributed by atoms with Crippen molar-refractivity contribution in [3.63, 3.8) is 0 Å². The van der Waals surface area contributed by atoms with Crippen LogP contribution in [0.1, 0.15) is 17.0 Å². The molecule has 0 spiro atoms. The highest BCUT2D eigenvalue weighted by Gasteiger charge is 2.11. The van der Waals surface area contributed by atoms with E-state index in [1.165, 1.54) is 0 Å². The first kappa shape index (κ1) is 16.2. The molecule has 0 bridgehead atoms. The van der Waals surface area contributed by atoms with Crippen LogP contribution in [-0.2, 0) is 0 Å². The highest BCUT2D eigenvalue weighted by molar-refractivity contribution is 5.87. The second-order valence-electron chi connectivity index (χ2n) is 5.11. The number of methoxy groups -OCH3 is 1. The summed E-state index contributed by atoms with van der Waals surface area (Å²) in [5, 5.41) is 9.43. The van der Waals surface area contributed by atoms with E-state index in [0.29, 0.717) is 11.5 Å². The summed E-state index contributed by atoms with van der Waals surface area (Å²) < 4.78 is 5.23. The maximum atomic E-state index is 9.43. The lowest BCUT2D eigenvalue weighted by Gasteiger charge is -2.11. The van der Waals surface area contributed by atoms with E-state index < -0.39 is 0 Å². The monoisotopic (exact) mass is 310 g/mol. The van der Waals surface area contributed by atoms with Crippen molar-refractivity contribution < 1.29 is 4.74 Å². The van der Waals surface area contributed by atoms with Crippen molar-refractivity contribution >= 4 is 23.5 Å². The van der Waals surface area contributed by atoms with Crippen molar-refractivity contribution in [3.05, 3.63) is 35.2 Å². The molecule has 0 saturated carbocycles. The van der Waals surface area contributed by atoms with Gasteiger partial charge in [-0.25, -0.2) is 0 Å². The van der Waals surface area contributed by atoms with Crippen molar-refractivity contribution in [3.8, 4) is 11.8 Å². The average Bonchev–Trinajstić information content (AvgIpc) is 2.52. The van der Waals surface area contributed by atoms with Gasteiger partial charge in [-0.2, -0.15) is 20.2 Å². The van der Waals surface area contributed by atoms with Crippen LogP contribution < -0.4 is 15.4 Å². The lowest BCUT2D eigenvalue weighted by molar-refractivity contribution is 0.411. The van der Waals surface area contributed by atoms with E-state index in [1.807, 2.05) is 25.1 Å². The molecule has 2 rings (SSSR count). The Hall–Kier alpha value is -3.14. The molecule has 2 N–H and O–H groups in total. The SMILES string of the molecule is COc1ccc(C=C(C#N)c2nc(N)nc(N(C)C)n2)cc1C. The number of rotatable bonds is 4. The number of hydrogen-bond acceptors (Lipinski definition) is 7.